The summed E-state index contributed by atoms with van der Waals surface area (Å²) in [6.45, 7) is 2.58. The molecule has 9 heteroatoms. The summed E-state index contributed by atoms with van der Waals surface area (Å²) in [5, 5.41) is 18.4. The fourth-order valence-corrected chi connectivity index (χ4v) is 4.91. The van der Waals surface area contributed by atoms with E-state index in [-0.39, 0.29) is 5.91 Å². The molecule has 5 aromatic rings. The number of aromatic nitrogens is 5. The third kappa shape index (κ3) is 4.47. The Balaban J connectivity index is 1.22. The quantitative estimate of drug-likeness (QED) is 0.342. The highest BCUT2D eigenvalue weighted by atomic mass is 16.2. The van der Waals surface area contributed by atoms with Crippen molar-refractivity contribution < 1.29 is 4.79 Å². The standard InChI is InChI=1S/C30H24N8O/c1-3-21-4-6-22(7-5-21)30(39)37-12-10-36(11-13-37)28-9-8-23(16-32-28)27-14-24(26-18-33-35(2)19-26)20-38-29(27)25(15-31)17-34-38/h1,4-9,14,16-20H,10-13H2,2H3. The maximum Gasteiger partial charge on any atom is 0.253 e. The number of fused-ring (bicyclic) bond motifs is 1. The Morgan fingerprint density at radius 3 is 2.36 bits per heavy atom. The lowest BCUT2D eigenvalue weighted by Crippen LogP contribution is -2.49. The number of amides is 1. The lowest BCUT2D eigenvalue weighted by atomic mass is 10.0. The van der Waals surface area contributed by atoms with Gasteiger partial charge in [0.2, 0.25) is 0 Å². The van der Waals surface area contributed by atoms with Gasteiger partial charge in [0.1, 0.15) is 11.9 Å². The maximum atomic E-state index is 12.9. The largest absolute Gasteiger partial charge is 0.353 e. The number of carbonyl (C=O) groups excluding carboxylic acids is 1. The van der Waals surface area contributed by atoms with Gasteiger partial charge < -0.3 is 9.80 Å². The topological polar surface area (TPSA) is 95.4 Å². The van der Waals surface area contributed by atoms with E-state index >= 15 is 0 Å². The Kier molecular flexibility index (Phi) is 6.02. The molecule has 1 saturated heterocycles. The zero-order valence-electron chi connectivity index (χ0n) is 21.3. The van der Waals surface area contributed by atoms with Gasteiger partial charge in [0.15, 0.2) is 0 Å². The molecule has 1 aromatic carbocycles. The van der Waals surface area contributed by atoms with Crippen LogP contribution < -0.4 is 4.90 Å². The van der Waals surface area contributed by atoms with Crippen LogP contribution in [0, 0.1) is 23.7 Å². The zero-order chi connectivity index (χ0) is 26.9. The summed E-state index contributed by atoms with van der Waals surface area (Å²) >= 11 is 0. The van der Waals surface area contributed by atoms with Crippen LogP contribution in [0.2, 0.25) is 0 Å². The molecule has 1 aliphatic rings. The van der Waals surface area contributed by atoms with Crippen molar-refractivity contribution in [3.63, 3.8) is 0 Å². The summed E-state index contributed by atoms with van der Waals surface area (Å²) in [5.74, 6) is 3.43. The lowest BCUT2D eigenvalue weighted by molar-refractivity contribution is 0.0746. The molecule has 0 atom stereocenters. The number of anilines is 1. The SMILES string of the molecule is C#Cc1ccc(C(=O)N2CCN(c3ccc(-c4cc(-c5cnn(C)c5)cn5ncc(C#N)c45)cn3)CC2)cc1. The molecule has 0 spiro atoms. The number of hydrogen-bond acceptors (Lipinski definition) is 6. The second-order valence-electron chi connectivity index (χ2n) is 9.41. The molecule has 0 N–H and O–H groups in total. The van der Waals surface area contributed by atoms with Crippen LogP contribution in [0.4, 0.5) is 5.82 Å². The van der Waals surface area contributed by atoms with Crippen molar-refractivity contribution in [3.05, 3.63) is 90.1 Å². The monoisotopic (exact) mass is 512 g/mol. The Hall–Kier alpha value is -5.41. The van der Waals surface area contributed by atoms with E-state index in [0.29, 0.717) is 37.3 Å². The van der Waals surface area contributed by atoms with Crippen LogP contribution in [0.3, 0.4) is 0 Å². The van der Waals surface area contributed by atoms with E-state index in [2.05, 4.69) is 27.1 Å². The van der Waals surface area contributed by atoms with Gasteiger partial charge in [0.05, 0.1) is 23.5 Å². The van der Waals surface area contributed by atoms with Gasteiger partial charge in [-0.05, 0) is 42.5 Å². The van der Waals surface area contributed by atoms with Crippen LogP contribution >= 0.6 is 0 Å². The van der Waals surface area contributed by atoms with Crippen molar-refractivity contribution in [2.45, 2.75) is 0 Å². The van der Waals surface area contributed by atoms with Gasteiger partial charge in [-0.15, -0.1) is 6.42 Å². The average Bonchev–Trinajstić information content (AvgIpc) is 3.62. The Labute approximate surface area is 225 Å². The van der Waals surface area contributed by atoms with Gasteiger partial charge in [-0.25, -0.2) is 9.50 Å². The number of nitrogens with zero attached hydrogens (tertiary/aromatic N) is 8. The fourth-order valence-electron chi connectivity index (χ4n) is 4.91. The van der Waals surface area contributed by atoms with Gasteiger partial charge in [-0.1, -0.05) is 5.92 Å². The molecule has 9 nitrogen and oxygen atoms in total. The van der Waals surface area contributed by atoms with E-state index in [4.69, 9.17) is 11.4 Å². The van der Waals surface area contributed by atoms with Crippen LogP contribution in [0.25, 0.3) is 27.8 Å². The second-order valence-corrected chi connectivity index (χ2v) is 9.41. The van der Waals surface area contributed by atoms with E-state index in [9.17, 15) is 10.1 Å². The van der Waals surface area contributed by atoms with E-state index < -0.39 is 0 Å². The van der Waals surface area contributed by atoms with Crippen LogP contribution in [0.5, 0.6) is 0 Å². The van der Waals surface area contributed by atoms with Crippen molar-refractivity contribution in [1.29, 1.82) is 5.26 Å². The number of rotatable bonds is 4. The molecule has 0 aliphatic carbocycles. The second kappa shape index (κ2) is 9.81. The first-order valence-electron chi connectivity index (χ1n) is 12.5. The van der Waals surface area contributed by atoms with E-state index in [1.54, 1.807) is 45.9 Å². The number of aryl methyl sites for hydroxylation is 1. The van der Waals surface area contributed by atoms with Crippen LogP contribution in [0.1, 0.15) is 21.5 Å². The number of piperazine rings is 1. The average molecular weight is 513 g/mol. The number of pyridine rings is 2. The highest BCUT2D eigenvalue weighted by Crippen LogP contribution is 2.32. The van der Waals surface area contributed by atoms with Crippen LogP contribution in [-0.2, 0) is 7.05 Å². The molecular weight excluding hydrogens is 488 g/mol. The minimum Gasteiger partial charge on any atom is -0.353 e. The summed E-state index contributed by atoms with van der Waals surface area (Å²) in [6, 6.07) is 15.4. The van der Waals surface area contributed by atoms with Crippen molar-refractivity contribution in [3.8, 4) is 40.7 Å². The molecule has 0 radical (unpaired) electrons. The van der Waals surface area contributed by atoms with Crippen molar-refractivity contribution in [1.82, 2.24) is 29.3 Å². The summed E-state index contributed by atoms with van der Waals surface area (Å²) in [5.41, 5.74) is 6.29. The number of terminal acetylenes is 1. The minimum atomic E-state index is 0.00754. The Bertz CT molecular complexity index is 1760. The minimum absolute atomic E-state index is 0.00754. The first kappa shape index (κ1) is 24.0. The molecule has 0 unspecified atom stereocenters. The van der Waals surface area contributed by atoms with Crippen LogP contribution in [0.15, 0.2) is 73.4 Å². The molecule has 6 rings (SSSR count). The summed E-state index contributed by atoms with van der Waals surface area (Å²) in [6.07, 6.45) is 14.5. The summed E-state index contributed by atoms with van der Waals surface area (Å²) in [7, 11) is 1.88. The number of benzene rings is 1. The molecule has 0 saturated carbocycles. The van der Waals surface area contributed by atoms with E-state index in [1.807, 2.05) is 48.7 Å². The molecule has 0 bridgehead atoms. The molecule has 1 aliphatic heterocycles. The number of nitriles is 1. The lowest BCUT2D eigenvalue weighted by Gasteiger charge is -2.35. The third-order valence-electron chi connectivity index (χ3n) is 7.02. The number of carbonyl (C=O) groups is 1. The maximum absolute atomic E-state index is 12.9. The van der Waals surface area contributed by atoms with Crippen molar-refractivity contribution >= 4 is 17.2 Å². The van der Waals surface area contributed by atoms with Crippen LogP contribution in [-0.4, -0.2) is 61.4 Å². The van der Waals surface area contributed by atoms with Gasteiger partial charge in [-0.2, -0.15) is 15.5 Å². The normalized spacial score (nSPS) is 13.3. The predicted molar refractivity (Wildman–Crippen MR) is 148 cm³/mol. The molecule has 5 heterocycles. The fraction of sp³-hybridized carbons (Fsp3) is 0.167. The van der Waals surface area contributed by atoms with Gasteiger partial charge >= 0.3 is 0 Å². The predicted octanol–water partition coefficient (Wildman–Crippen LogP) is 3.61. The van der Waals surface area contributed by atoms with Gasteiger partial charge in [-0.3, -0.25) is 9.48 Å². The summed E-state index contributed by atoms with van der Waals surface area (Å²) in [4.78, 5) is 21.7. The molecule has 1 amide bonds. The Morgan fingerprint density at radius 2 is 1.72 bits per heavy atom. The van der Waals surface area contributed by atoms with E-state index in [1.165, 1.54) is 0 Å². The zero-order valence-corrected chi connectivity index (χ0v) is 21.3. The number of hydrogen-bond donors (Lipinski definition) is 0. The molecule has 190 valence electrons. The van der Waals surface area contributed by atoms with Crippen molar-refractivity contribution in [2.75, 3.05) is 31.1 Å². The van der Waals surface area contributed by atoms with Crippen molar-refractivity contribution in [2.24, 2.45) is 7.05 Å². The first-order valence-corrected chi connectivity index (χ1v) is 12.5. The smallest absolute Gasteiger partial charge is 0.253 e. The van der Waals surface area contributed by atoms with Gasteiger partial charge in [0, 0.05) is 85.2 Å². The highest BCUT2D eigenvalue weighted by Gasteiger charge is 2.23. The molecule has 1 fully saturated rings. The third-order valence-corrected chi connectivity index (χ3v) is 7.02. The first-order chi connectivity index (χ1) is 19.0. The van der Waals surface area contributed by atoms with Gasteiger partial charge in [0.25, 0.3) is 5.91 Å². The summed E-state index contributed by atoms with van der Waals surface area (Å²) < 4.78 is 3.49. The molecule has 4 aromatic heterocycles. The Morgan fingerprint density at radius 1 is 0.923 bits per heavy atom. The molecular formula is C30H24N8O. The van der Waals surface area contributed by atoms with E-state index in [0.717, 1.165) is 39.2 Å². The molecule has 39 heavy (non-hydrogen) atoms. The highest BCUT2D eigenvalue weighted by molar-refractivity contribution is 5.94.